The van der Waals surface area contributed by atoms with Crippen molar-refractivity contribution in [1.29, 1.82) is 0 Å². The van der Waals surface area contributed by atoms with Gasteiger partial charge >= 0.3 is 5.69 Å². The summed E-state index contributed by atoms with van der Waals surface area (Å²) in [7, 11) is 0. The standard InChI is InChI=1S/C15H22FN3O2/c1-15(2,3)18-9-7-17(8-10-18)11-12-5-4-6-13(14(12)16)19(20)21/h4-6H,7-11H2,1-3H3. The van der Waals surface area contributed by atoms with Gasteiger partial charge in [0.15, 0.2) is 0 Å². The summed E-state index contributed by atoms with van der Waals surface area (Å²) in [6.07, 6.45) is 0. The molecule has 1 saturated heterocycles. The van der Waals surface area contributed by atoms with Gasteiger partial charge in [0.2, 0.25) is 5.82 Å². The average Bonchev–Trinajstić information content (AvgIpc) is 2.40. The van der Waals surface area contributed by atoms with E-state index in [4.69, 9.17) is 0 Å². The monoisotopic (exact) mass is 295 g/mol. The first-order valence-corrected chi connectivity index (χ1v) is 7.18. The summed E-state index contributed by atoms with van der Waals surface area (Å²) in [6.45, 7) is 10.5. The fraction of sp³-hybridized carbons (Fsp3) is 0.600. The Hall–Kier alpha value is -1.53. The van der Waals surface area contributed by atoms with Crippen LogP contribution in [0.15, 0.2) is 18.2 Å². The van der Waals surface area contributed by atoms with Crippen LogP contribution in [-0.4, -0.2) is 46.4 Å². The Morgan fingerprint density at radius 1 is 1.24 bits per heavy atom. The third kappa shape index (κ3) is 3.77. The van der Waals surface area contributed by atoms with Gasteiger partial charge in [0.1, 0.15) is 0 Å². The van der Waals surface area contributed by atoms with E-state index in [1.54, 1.807) is 12.1 Å². The summed E-state index contributed by atoms with van der Waals surface area (Å²) in [5.74, 6) is -0.708. The Labute approximate surface area is 124 Å². The molecule has 1 aliphatic rings. The lowest BCUT2D eigenvalue weighted by molar-refractivity contribution is -0.387. The molecule has 116 valence electrons. The van der Waals surface area contributed by atoms with E-state index in [1.165, 1.54) is 6.07 Å². The molecule has 0 bridgehead atoms. The highest BCUT2D eigenvalue weighted by molar-refractivity contribution is 5.36. The molecule has 0 unspecified atom stereocenters. The molecule has 21 heavy (non-hydrogen) atoms. The maximum Gasteiger partial charge on any atom is 0.305 e. The third-order valence-corrected chi connectivity index (χ3v) is 3.97. The van der Waals surface area contributed by atoms with Crippen LogP contribution in [0.2, 0.25) is 0 Å². The van der Waals surface area contributed by atoms with E-state index in [2.05, 4.69) is 30.6 Å². The summed E-state index contributed by atoms with van der Waals surface area (Å²) in [4.78, 5) is 14.6. The molecule has 0 N–H and O–H groups in total. The van der Waals surface area contributed by atoms with E-state index in [0.717, 1.165) is 26.2 Å². The molecule has 0 aliphatic carbocycles. The van der Waals surface area contributed by atoms with Crippen molar-refractivity contribution in [3.05, 3.63) is 39.7 Å². The first-order chi connectivity index (χ1) is 9.79. The zero-order valence-electron chi connectivity index (χ0n) is 12.8. The minimum Gasteiger partial charge on any atom is -0.296 e. The largest absolute Gasteiger partial charge is 0.305 e. The molecule has 1 fully saturated rings. The van der Waals surface area contributed by atoms with E-state index in [9.17, 15) is 14.5 Å². The highest BCUT2D eigenvalue weighted by Gasteiger charge is 2.26. The fourth-order valence-corrected chi connectivity index (χ4v) is 2.65. The Bertz CT molecular complexity index is 520. The van der Waals surface area contributed by atoms with Crippen molar-refractivity contribution in [2.45, 2.75) is 32.9 Å². The Kier molecular flexibility index (Phi) is 4.58. The van der Waals surface area contributed by atoms with Crippen LogP contribution < -0.4 is 0 Å². The maximum atomic E-state index is 14.1. The van der Waals surface area contributed by atoms with Gasteiger partial charge in [0.25, 0.3) is 0 Å². The molecule has 6 heteroatoms. The molecule has 1 heterocycles. The number of piperazine rings is 1. The number of nitro benzene ring substituents is 1. The molecule has 5 nitrogen and oxygen atoms in total. The van der Waals surface area contributed by atoms with E-state index in [1.807, 2.05) is 0 Å². The van der Waals surface area contributed by atoms with Gasteiger partial charge in [-0.1, -0.05) is 12.1 Å². The topological polar surface area (TPSA) is 49.6 Å². The Morgan fingerprint density at radius 2 is 1.86 bits per heavy atom. The van der Waals surface area contributed by atoms with Crippen molar-refractivity contribution in [2.24, 2.45) is 0 Å². The molecule has 1 aromatic rings. The number of benzene rings is 1. The third-order valence-electron chi connectivity index (χ3n) is 3.97. The van der Waals surface area contributed by atoms with Gasteiger partial charge in [0.05, 0.1) is 4.92 Å². The summed E-state index contributed by atoms with van der Waals surface area (Å²) < 4.78 is 14.1. The molecule has 1 aromatic carbocycles. The van der Waals surface area contributed by atoms with Gasteiger partial charge in [0, 0.05) is 49.9 Å². The van der Waals surface area contributed by atoms with Crippen LogP contribution in [0.1, 0.15) is 26.3 Å². The van der Waals surface area contributed by atoms with Gasteiger partial charge in [-0.2, -0.15) is 4.39 Å². The van der Waals surface area contributed by atoms with E-state index < -0.39 is 16.4 Å². The number of nitro groups is 1. The van der Waals surface area contributed by atoms with Gasteiger partial charge in [-0.15, -0.1) is 0 Å². The van der Waals surface area contributed by atoms with Gasteiger partial charge in [-0.3, -0.25) is 19.9 Å². The Morgan fingerprint density at radius 3 is 2.38 bits per heavy atom. The lowest BCUT2D eigenvalue weighted by Crippen LogP contribution is -2.53. The second-order valence-electron chi connectivity index (χ2n) is 6.44. The van der Waals surface area contributed by atoms with Crippen LogP contribution in [0.5, 0.6) is 0 Å². The summed E-state index contributed by atoms with van der Waals surface area (Å²) >= 11 is 0. The van der Waals surface area contributed by atoms with Crippen molar-refractivity contribution in [3.63, 3.8) is 0 Å². The lowest BCUT2D eigenvalue weighted by atomic mass is 10.0. The summed E-state index contributed by atoms with van der Waals surface area (Å²) in [5.41, 5.74) is 0.0947. The van der Waals surface area contributed by atoms with Crippen molar-refractivity contribution in [1.82, 2.24) is 9.80 Å². The van der Waals surface area contributed by atoms with E-state index >= 15 is 0 Å². The Balaban J connectivity index is 2.01. The van der Waals surface area contributed by atoms with Crippen LogP contribution in [0.25, 0.3) is 0 Å². The predicted molar refractivity (Wildman–Crippen MR) is 79.7 cm³/mol. The minimum atomic E-state index is -0.708. The minimum absolute atomic E-state index is 0.142. The highest BCUT2D eigenvalue weighted by atomic mass is 19.1. The first-order valence-electron chi connectivity index (χ1n) is 7.18. The molecule has 0 atom stereocenters. The number of hydrogen-bond donors (Lipinski definition) is 0. The van der Waals surface area contributed by atoms with Crippen LogP contribution >= 0.6 is 0 Å². The van der Waals surface area contributed by atoms with Crippen LogP contribution in [-0.2, 0) is 6.54 Å². The van der Waals surface area contributed by atoms with Crippen molar-refractivity contribution in [2.75, 3.05) is 26.2 Å². The van der Waals surface area contributed by atoms with E-state index in [-0.39, 0.29) is 5.54 Å². The number of nitrogens with zero attached hydrogens (tertiary/aromatic N) is 3. The lowest BCUT2D eigenvalue weighted by Gasteiger charge is -2.42. The molecule has 2 rings (SSSR count). The zero-order valence-corrected chi connectivity index (χ0v) is 12.8. The number of hydrogen-bond acceptors (Lipinski definition) is 4. The normalized spacial score (nSPS) is 17.9. The molecule has 0 saturated carbocycles. The number of halogens is 1. The van der Waals surface area contributed by atoms with Crippen molar-refractivity contribution < 1.29 is 9.31 Å². The first kappa shape index (κ1) is 15.9. The second-order valence-corrected chi connectivity index (χ2v) is 6.44. The van der Waals surface area contributed by atoms with Gasteiger partial charge in [-0.05, 0) is 20.8 Å². The molecular formula is C15H22FN3O2. The van der Waals surface area contributed by atoms with Crippen molar-refractivity contribution >= 4 is 5.69 Å². The van der Waals surface area contributed by atoms with Crippen LogP contribution in [0.4, 0.5) is 10.1 Å². The maximum absolute atomic E-state index is 14.1. The molecule has 0 aromatic heterocycles. The summed E-state index contributed by atoms with van der Waals surface area (Å²) in [5, 5.41) is 10.8. The number of rotatable bonds is 3. The van der Waals surface area contributed by atoms with Gasteiger partial charge < -0.3 is 0 Å². The SMILES string of the molecule is CC(C)(C)N1CCN(Cc2cccc([N+](=O)[O-])c2F)CC1. The quantitative estimate of drug-likeness (QED) is 0.635. The average molecular weight is 295 g/mol. The van der Waals surface area contributed by atoms with Crippen LogP contribution in [0, 0.1) is 15.9 Å². The molecule has 0 spiro atoms. The molecule has 0 radical (unpaired) electrons. The summed E-state index contributed by atoms with van der Waals surface area (Å²) in [6, 6.07) is 4.37. The van der Waals surface area contributed by atoms with Crippen molar-refractivity contribution in [3.8, 4) is 0 Å². The van der Waals surface area contributed by atoms with E-state index in [0.29, 0.717) is 12.1 Å². The van der Waals surface area contributed by atoms with Crippen LogP contribution in [0.3, 0.4) is 0 Å². The molecule has 1 aliphatic heterocycles. The van der Waals surface area contributed by atoms with Gasteiger partial charge in [-0.25, -0.2) is 0 Å². The highest BCUT2D eigenvalue weighted by Crippen LogP contribution is 2.22. The smallest absolute Gasteiger partial charge is 0.296 e. The molecule has 0 amide bonds. The second kappa shape index (κ2) is 6.07. The zero-order chi connectivity index (χ0) is 15.6. The predicted octanol–water partition coefficient (Wildman–Crippen LogP) is 2.65. The fourth-order valence-electron chi connectivity index (χ4n) is 2.65. The molecular weight excluding hydrogens is 273 g/mol.